The first-order chi connectivity index (χ1) is 9.68. The van der Waals surface area contributed by atoms with Crippen LogP contribution in [0.25, 0.3) is 0 Å². The quantitative estimate of drug-likeness (QED) is 0.234. The molecule has 0 aliphatic heterocycles. The number of unbranched alkanes of at least 4 members (excludes halogenated alkanes) is 11. The molecule has 1 unspecified atom stereocenters. The lowest BCUT2D eigenvalue weighted by atomic mass is 10.1. The van der Waals surface area contributed by atoms with Gasteiger partial charge in [-0.15, -0.1) is 0 Å². The van der Waals surface area contributed by atoms with Crippen LogP contribution in [-0.4, -0.2) is 18.4 Å². The van der Waals surface area contributed by atoms with Gasteiger partial charge in [0.2, 0.25) is 0 Å². The van der Waals surface area contributed by atoms with Gasteiger partial charge in [-0.1, -0.05) is 77.6 Å². The van der Waals surface area contributed by atoms with Gasteiger partial charge >= 0.3 is 0 Å². The molecule has 3 nitrogen and oxygen atoms in total. The number of rotatable bonds is 15. The summed E-state index contributed by atoms with van der Waals surface area (Å²) >= 11 is 0. The monoisotopic (exact) mass is 283 g/mol. The van der Waals surface area contributed by atoms with Gasteiger partial charge in [0, 0.05) is 0 Å². The molecule has 0 aromatic heterocycles. The smallest absolute Gasteiger partial charge is 0.108 e. The van der Waals surface area contributed by atoms with E-state index < -0.39 is 0 Å². The van der Waals surface area contributed by atoms with Gasteiger partial charge in [0.05, 0.1) is 6.04 Å². The molecular weight excluding hydrogens is 246 g/mol. The van der Waals surface area contributed by atoms with E-state index in [1.807, 2.05) is 6.92 Å². The molecule has 0 aliphatic carbocycles. The molecule has 0 rings (SSSR count). The summed E-state index contributed by atoms with van der Waals surface area (Å²) in [5.74, 6) is 0.240. The highest BCUT2D eigenvalue weighted by molar-refractivity contribution is 5.82. The summed E-state index contributed by atoms with van der Waals surface area (Å²) in [5.41, 5.74) is 5.40. The maximum atomic E-state index is 7.28. The second-order valence-electron chi connectivity index (χ2n) is 6.02. The van der Waals surface area contributed by atoms with E-state index in [1.165, 1.54) is 77.0 Å². The minimum absolute atomic E-state index is 0.0303. The highest BCUT2D eigenvalue weighted by atomic mass is 14.9. The van der Waals surface area contributed by atoms with Gasteiger partial charge < -0.3 is 11.1 Å². The third-order valence-electron chi connectivity index (χ3n) is 3.95. The topological polar surface area (TPSA) is 61.9 Å². The van der Waals surface area contributed by atoms with Crippen LogP contribution < -0.4 is 11.1 Å². The lowest BCUT2D eigenvalue weighted by Gasteiger charge is -2.11. The van der Waals surface area contributed by atoms with Gasteiger partial charge in [0.1, 0.15) is 5.84 Å². The van der Waals surface area contributed by atoms with E-state index in [9.17, 15) is 0 Å². The Kier molecular flexibility index (Phi) is 14.4. The predicted octanol–water partition coefficient (Wildman–Crippen LogP) is 4.60. The molecule has 0 aromatic rings. The second-order valence-corrected chi connectivity index (χ2v) is 6.02. The molecular formula is C17H37N3. The van der Waals surface area contributed by atoms with Gasteiger partial charge in [-0.3, -0.25) is 5.41 Å². The Labute approximate surface area is 126 Å². The lowest BCUT2D eigenvalue weighted by molar-refractivity contribution is 0.532. The van der Waals surface area contributed by atoms with Crippen molar-refractivity contribution < 1.29 is 0 Å². The molecule has 1 atom stereocenters. The van der Waals surface area contributed by atoms with Crippen LogP contribution in [0.1, 0.15) is 90.9 Å². The number of amidine groups is 1. The van der Waals surface area contributed by atoms with E-state index >= 15 is 0 Å². The zero-order chi connectivity index (χ0) is 15.1. The molecule has 120 valence electrons. The highest BCUT2D eigenvalue weighted by Crippen LogP contribution is 2.11. The van der Waals surface area contributed by atoms with Crippen molar-refractivity contribution in [1.29, 1.82) is 5.41 Å². The summed E-state index contributed by atoms with van der Waals surface area (Å²) in [4.78, 5) is 0. The average molecular weight is 284 g/mol. The third kappa shape index (κ3) is 13.9. The molecule has 0 saturated heterocycles. The Balaban J connectivity index is 3.04. The maximum Gasteiger partial charge on any atom is 0.108 e. The Morgan fingerprint density at radius 1 is 0.850 bits per heavy atom. The molecule has 4 N–H and O–H groups in total. The minimum atomic E-state index is 0.0303. The lowest BCUT2D eigenvalue weighted by Crippen LogP contribution is -2.38. The van der Waals surface area contributed by atoms with Crippen molar-refractivity contribution in [3.05, 3.63) is 0 Å². The molecule has 0 heterocycles. The molecule has 3 heteroatoms. The van der Waals surface area contributed by atoms with E-state index in [2.05, 4.69) is 12.2 Å². The predicted molar refractivity (Wildman–Crippen MR) is 90.5 cm³/mol. The highest BCUT2D eigenvalue weighted by Gasteiger charge is 2.02. The van der Waals surface area contributed by atoms with Crippen molar-refractivity contribution in [3.8, 4) is 0 Å². The third-order valence-corrected chi connectivity index (χ3v) is 3.95. The molecule has 20 heavy (non-hydrogen) atoms. The van der Waals surface area contributed by atoms with Crippen molar-refractivity contribution >= 4 is 5.84 Å². The normalized spacial score (nSPS) is 12.5. The summed E-state index contributed by atoms with van der Waals surface area (Å²) in [7, 11) is 0. The Hall–Kier alpha value is -0.570. The molecule has 0 aromatic carbocycles. The first-order valence-electron chi connectivity index (χ1n) is 8.75. The van der Waals surface area contributed by atoms with Crippen molar-refractivity contribution in [2.24, 2.45) is 5.73 Å². The Morgan fingerprint density at radius 3 is 1.65 bits per heavy atom. The average Bonchev–Trinajstić information content (AvgIpc) is 2.43. The standard InChI is InChI=1S/C17H37N3/c1-3-4-5-6-7-8-9-10-11-12-13-14-15-20-16(2)17(18)19/h16,20H,3-15H2,1-2H3,(H3,18,19). The largest absolute Gasteiger partial charge is 0.386 e. The summed E-state index contributed by atoms with van der Waals surface area (Å²) < 4.78 is 0. The summed E-state index contributed by atoms with van der Waals surface area (Å²) in [6, 6.07) is 0.0303. The van der Waals surface area contributed by atoms with Crippen molar-refractivity contribution in [2.75, 3.05) is 6.54 Å². The van der Waals surface area contributed by atoms with Crippen molar-refractivity contribution in [3.63, 3.8) is 0 Å². The number of nitrogens with one attached hydrogen (secondary N) is 2. The van der Waals surface area contributed by atoms with Crippen LogP contribution in [0, 0.1) is 5.41 Å². The van der Waals surface area contributed by atoms with Crippen LogP contribution in [0.3, 0.4) is 0 Å². The fourth-order valence-electron chi connectivity index (χ4n) is 2.39. The summed E-state index contributed by atoms with van der Waals surface area (Å²) in [6.45, 7) is 5.21. The molecule has 0 saturated carbocycles. The SMILES string of the molecule is CCCCCCCCCCCCCCNC(C)C(=N)N. The molecule has 0 bridgehead atoms. The second kappa shape index (κ2) is 14.8. The van der Waals surface area contributed by atoms with Crippen LogP contribution in [0.2, 0.25) is 0 Å². The van der Waals surface area contributed by atoms with Crippen LogP contribution >= 0.6 is 0 Å². The molecule has 0 aliphatic rings. The van der Waals surface area contributed by atoms with E-state index in [-0.39, 0.29) is 11.9 Å². The summed E-state index contributed by atoms with van der Waals surface area (Å²) in [5, 5.41) is 10.5. The van der Waals surface area contributed by atoms with Crippen LogP contribution in [0.4, 0.5) is 0 Å². The van der Waals surface area contributed by atoms with Gasteiger partial charge in [-0.25, -0.2) is 0 Å². The van der Waals surface area contributed by atoms with Gasteiger partial charge in [0.15, 0.2) is 0 Å². The number of hydrogen-bond acceptors (Lipinski definition) is 2. The first kappa shape index (κ1) is 19.4. The van der Waals surface area contributed by atoms with E-state index in [4.69, 9.17) is 11.1 Å². The summed E-state index contributed by atoms with van der Waals surface area (Å²) in [6.07, 6.45) is 16.6. The van der Waals surface area contributed by atoms with Crippen LogP contribution in [-0.2, 0) is 0 Å². The minimum Gasteiger partial charge on any atom is -0.386 e. The fraction of sp³-hybridized carbons (Fsp3) is 0.941. The first-order valence-corrected chi connectivity index (χ1v) is 8.75. The Bertz CT molecular complexity index is 216. The number of hydrogen-bond donors (Lipinski definition) is 3. The zero-order valence-electron chi connectivity index (χ0n) is 13.8. The van der Waals surface area contributed by atoms with Gasteiger partial charge in [0.25, 0.3) is 0 Å². The van der Waals surface area contributed by atoms with E-state index in [0.717, 1.165) is 6.54 Å². The van der Waals surface area contributed by atoms with E-state index in [0.29, 0.717) is 0 Å². The van der Waals surface area contributed by atoms with Crippen molar-refractivity contribution in [2.45, 2.75) is 96.9 Å². The molecule has 0 spiro atoms. The van der Waals surface area contributed by atoms with Gasteiger partial charge in [-0.2, -0.15) is 0 Å². The van der Waals surface area contributed by atoms with Crippen molar-refractivity contribution in [1.82, 2.24) is 5.32 Å². The number of nitrogens with two attached hydrogens (primary N) is 1. The zero-order valence-corrected chi connectivity index (χ0v) is 13.8. The van der Waals surface area contributed by atoms with E-state index in [1.54, 1.807) is 0 Å². The molecule has 0 fully saturated rings. The van der Waals surface area contributed by atoms with Crippen LogP contribution in [0.5, 0.6) is 0 Å². The Morgan fingerprint density at radius 2 is 1.25 bits per heavy atom. The van der Waals surface area contributed by atoms with Crippen LogP contribution in [0.15, 0.2) is 0 Å². The molecule has 0 radical (unpaired) electrons. The maximum absolute atomic E-state index is 7.28. The fourth-order valence-corrected chi connectivity index (χ4v) is 2.39. The van der Waals surface area contributed by atoms with Gasteiger partial charge in [-0.05, 0) is 19.9 Å². The molecule has 0 amide bonds.